The molecule has 2 heterocycles. The van der Waals surface area contributed by atoms with Gasteiger partial charge in [-0.15, -0.1) is 0 Å². The van der Waals surface area contributed by atoms with Crippen LogP contribution in [0, 0.1) is 5.82 Å². The first kappa shape index (κ1) is 15.0. The number of imide groups is 1. The third-order valence-corrected chi connectivity index (χ3v) is 3.31. The Labute approximate surface area is 134 Å². The second kappa shape index (κ2) is 6.05. The quantitative estimate of drug-likeness (QED) is 0.757. The van der Waals surface area contributed by atoms with Gasteiger partial charge in [-0.25, -0.2) is 14.2 Å². The van der Waals surface area contributed by atoms with Gasteiger partial charge in [0.1, 0.15) is 17.3 Å². The zero-order valence-corrected chi connectivity index (χ0v) is 12.3. The first-order valence-electron chi connectivity index (χ1n) is 6.54. The topological polar surface area (TPSA) is 75.5 Å². The Morgan fingerprint density at radius 3 is 2.83 bits per heavy atom. The van der Waals surface area contributed by atoms with Crippen LogP contribution in [0.3, 0.4) is 0 Å². The van der Waals surface area contributed by atoms with Crippen molar-refractivity contribution in [1.29, 1.82) is 0 Å². The van der Waals surface area contributed by atoms with Crippen LogP contribution in [-0.4, -0.2) is 21.3 Å². The number of urea groups is 1. The van der Waals surface area contributed by atoms with Crippen LogP contribution in [0.15, 0.2) is 48.8 Å². The van der Waals surface area contributed by atoms with E-state index in [1.165, 1.54) is 12.1 Å². The summed E-state index contributed by atoms with van der Waals surface area (Å²) in [5.74, 6) is -1.25. The monoisotopic (exact) mass is 332 g/mol. The highest BCUT2D eigenvalue weighted by molar-refractivity contribution is 6.30. The summed E-state index contributed by atoms with van der Waals surface area (Å²) in [7, 11) is 0. The van der Waals surface area contributed by atoms with Gasteiger partial charge in [0.25, 0.3) is 5.91 Å². The number of halogens is 2. The standard InChI is InChI=1S/C15H10ClFN4O2/c16-9-4-5-10(11(17)8-9)14(22)20-15(23)19-13-3-1-2-12-18-6-7-21(12)13/h1-8H,(H2,19,20,22,23). The van der Waals surface area contributed by atoms with E-state index >= 15 is 0 Å². The molecule has 0 fully saturated rings. The average molecular weight is 333 g/mol. The molecule has 0 aliphatic heterocycles. The first-order chi connectivity index (χ1) is 11.0. The fourth-order valence-corrected chi connectivity index (χ4v) is 2.20. The molecule has 3 aromatic rings. The van der Waals surface area contributed by atoms with E-state index in [1.807, 2.05) is 0 Å². The Bertz CT molecular complexity index is 909. The van der Waals surface area contributed by atoms with Crippen LogP contribution in [0.2, 0.25) is 5.02 Å². The van der Waals surface area contributed by atoms with Crippen molar-refractivity contribution in [2.75, 3.05) is 5.32 Å². The van der Waals surface area contributed by atoms with Gasteiger partial charge >= 0.3 is 6.03 Å². The Kier molecular flexibility index (Phi) is 3.94. The molecule has 0 aliphatic carbocycles. The van der Waals surface area contributed by atoms with Crippen molar-refractivity contribution < 1.29 is 14.0 Å². The first-order valence-corrected chi connectivity index (χ1v) is 6.92. The average Bonchev–Trinajstić information content (AvgIpc) is 2.96. The molecule has 0 aliphatic rings. The number of carbonyl (C=O) groups excluding carboxylic acids is 2. The number of rotatable bonds is 2. The molecule has 116 valence electrons. The molecule has 1 aromatic carbocycles. The molecule has 8 heteroatoms. The molecule has 0 spiro atoms. The number of imidazole rings is 1. The number of nitrogens with one attached hydrogen (secondary N) is 2. The maximum absolute atomic E-state index is 13.7. The largest absolute Gasteiger partial charge is 0.327 e. The van der Waals surface area contributed by atoms with E-state index in [1.54, 1.807) is 35.0 Å². The summed E-state index contributed by atoms with van der Waals surface area (Å²) in [6, 6.07) is 7.89. The van der Waals surface area contributed by atoms with Crippen LogP contribution < -0.4 is 10.6 Å². The predicted molar refractivity (Wildman–Crippen MR) is 83.1 cm³/mol. The third-order valence-electron chi connectivity index (χ3n) is 3.07. The van der Waals surface area contributed by atoms with E-state index in [0.29, 0.717) is 11.5 Å². The molecule has 0 radical (unpaired) electrons. The number of aromatic nitrogens is 2. The summed E-state index contributed by atoms with van der Waals surface area (Å²) < 4.78 is 15.3. The van der Waals surface area contributed by atoms with Crippen LogP contribution in [0.5, 0.6) is 0 Å². The summed E-state index contributed by atoms with van der Waals surface area (Å²) in [6.07, 6.45) is 3.23. The van der Waals surface area contributed by atoms with Crippen molar-refractivity contribution in [3.63, 3.8) is 0 Å². The maximum atomic E-state index is 13.7. The van der Waals surface area contributed by atoms with Crippen molar-refractivity contribution in [2.45, 2.75) is 0 Å². The minimum atomic E-state index is -0.866. The lowest BCUT2D eigenvalue weighted by molar-refractivity contribution is 0.0963. The zero-order chi connectivity index (χ0) is 16.4. The third kappa shape index (κ3) is 3.14. The molecule has 0 saturated carbocycles. The molecule has 3 rings (SSSR count). The van der Waals surface area contributed by atoms with Gasteiger partial charge in [-0.2, -0.15) is 0 Å². The molecular formula is C15H10ClFN4O2. The number of pyridine rings is 1. The minimum absolute atomic E-state index is 0.162. The lowest BCUT2D eigenvalue weighted by atomic mass is 10.2. The van der Waals surface area contributed by atoms with E-state index in [0.717, 1.165) is 6.07 Å². The number of amides is 3. The molecular weight excluding hydrogens is 323 g/mol. The summed E-state index contributed by atoms with van der Waals surface area (Å²) in [6.45, 7) is 0. The number of hydrogen-bond donors (Lipinski definition) is 2. The highest BCUT2D eigenvalue weighted by Crippen LogP contribution is 2.15. The summed E-state index contributed by atoms with van der Waals surface area (Å²) in [4.78, 5) is 27.9. The van der Waals surface area contributed by atoms with E-state index in [4.69, 9.17) is 11.6 Å². The van der Waals surface area contributed by atoms with Gasteiger partial charge in [-0.05, 0) is 30.3 Å². The Morgan fingerprint density at radius 1 is 1.22 bits per heavy atom. The SMILES string of the molecule is O=C(NC(=O)c1ccc(Cl)cc1F)Nc1cccc2nccn12. The Balaban J connectivity index is 1.74. The molecule has 0 unspecified atom stereocenters. The smallest absolute Gasteiger partial charge is 0.293 e. The lowest BCUT2D eigenvalue weighted by Crippen LogP contribution is -2.35. The van der Waals surface area contributed by atoms with Gasteiger partial charge in [-0.1, -0.05) is 17.7 Å². The van der Waals surface area contributed by atoms with Crippen molar-refractivity contribution in [1.82, 2.24) is 14.7 Å². The van der Waals surface area contributed by atoms with Gasteiger partial charge < -0.3 is 0 Å². The van der Waals surface area contributed by atoms with Gasteiger partial charge in [-0.3, -0.25) is 19.8 Å². The Hall–Kier alpha value is -2.93. The molecule has 0 saturated heterocycles. The second-order valence-corrected chi connectivity index (χ2v) is 5.04. The van der Waals surface area contributed by atoms with Crippen molar-refractivity contribution in [3.8, 4) is 0 Å². The van der Waals surface area contributed by atoms with Crippen molar-refractivity contribution in [2.24, 2.45) is 0 Å². The number of anilines is 1. The summed E-state index contributed by atoms with van der Waals surface area (Å²) in [5.41, 5.74) is 0.364. The predicted octanol–water partition coefficient (Wildman–Crippen LogP) is 3.09. The zero-order valence-electron chi connectivity index (χ0n) is 11.6. The van der Waals surface area contributed by atoms with Crippen molar-refractivity contribution >= 4 is 35.0 Å². The Morgan fingerprint density at radius 2 is 2.04 bits per heavy atom. The van der Waals surface area contributed by atoms with E-state index < -0.39 is 17.8 Å². The maximum Gasteiger partial charge on any atom is 0.327 e. The molecule has 2 aromatic heterocycles. The second-order valence-electron chi connectivity index (χ2n) is 4.60. The molecule has 0 atom stereocenters. The van der Waals surface area contributed by atoms with Gasteiger partial charge in [0.05, 0.1) is 5.56 Å². The highest BCUT2D eigenvalue weighted by Gasteiger charge is 2.15. The van der Waals surface area contributed by atoms with Crippen LogP contribution >= 0.6 is 11.6 Å². The lowest BCUT2D eigenvalue weighted by Gasteiger charge is -2.09. The molecule has 2 N–H and O–H groups in total. The fourth-order valence-electron chi connectivity index (χ4n) is 2.04. The number of nitrogens with zero attached hydrogens (tertiary/aromatic N) is 2. The van der Waals surface area contributed by atoms with Gasteiger partial charge in [0, 0.05) is 17.4 Å². The van der Waals surface area contributed by atoms with E-state index in [9.17, 15) is 14.0 Å². The van der Waals surface area contributed by atoms with Gasteiger partial charge in [0.2, 0.25) is 0 Å². The molecule has 6 nitrogen and oxygen atoms in total. The van der Waals surface area contributed by atoms with Crippen LogP contribution in [0.25, 0.3) is 5.65 Å². The van der Waals surface area contributed by atoms with Crippen LogP contribution in [0.1, 0.15) is 10.4 Å². The van der Waals surface area contributed by atoms with Crippen molar-refractivity contribution in [3.05, 3.63) is 65.2 Å². The highest BCUT2D eigenvalue weighted by atomic mass is 35.5. The minimum Gasteiger partial charge on any atom is -0.293 e. The molecule has 0 bridgehead atoms. The van der Waals surface area contributed by atoms with E-state index in [-0.39, 0.29) is 10.6 Å². The summed E-state index contributed by atoms with van der Waals surface area (Å²) >= 11 is 5.62. The van der Waals surface area contributed by atoms with Gasteiger partial charge in [0.15, 0.2) is 0 Å². The molecule has 3 amide bonds. The van der Waals surface area contributed by atoms with E-state index in [2.05, 4.69) is 15.6 Å². The number of carbonyl (C=O) groups is 2. The van der Waals surface area contributed by atoms with Crippen LogP contribution in [0.4, 0.5) is 15.0 Å². The van der Waals surface area contributed by atoms with Crippen LogP contribution in [-0.2, 0) is 0 Å². The number of hydrogen-bond acceptors (Lipinski definition) is 3. The number of benzene rings is 1. The summed E-state index contributed by atoms with van der Waals surface area (Å²) in [5, 5.41) is 4.72. The number of fused-ring (bicyclic) bond motifs is 1. The normalized spacial score (nSPS) is 10.5. The fraction of sp³-hybridized carbons (Fsp3) is 0. The molecule has 23 heavy (non-hydrogen) atoms.